The summed E-state index contributed by atoms with van der Waals surface area (Å²) in [5.74, 6) is -1.08. The Hall–Kier alpha value is -0.960. The molecule has 0 aliphatic rings. The van der Waals surface area contributed by atoms with E-state index in [0.717, 1.165) is 18.9 Å². The molecule has 0 heterocycles. The minimum absolute atomic E-state index is 0.206. The van der Waals surface area contributed by atoms with Crippen LogP contribution in [0.5, 0.6) is 0 Å². The molecule has 0 aliphatic heterocycles. The largest absolute Gasteiger partial charge is 0.324 e. The van der Waals surface area contributed by atoms with E-state index in [1.54, 1.807) is 6.07 Å². The number of nitrogens with two attached hydrogens (primary N) is 1. The van der Waals surface area contributed by atoms with Gasteiger partial charge in [0.25, 0.3) is 0 Å². The minimum atomic E-state index is -0.826. The van der Waals surface area contributed by atoms with Crippen LogP contribution in [0.15, 0.2) is 18.2 Å². The van der Waals surface area contributed by atoms with E-state index in [0.29, 0.717) is 11.5 Å². The summed E-state index contributed by atoms with van der Waals surface area (Å²) in [6.45, 7) is 4.22. The van der Waals surface area contributed by atoms with E-state index < -0.39 is 11.6 Å². The summed E-state index contributed by atoms with van der Waals surface area (Å²) in [7, 11) is 0. The smallest absolute Gasteiger partial charge is 0.159 e. The summed E-state index contributed by atoms with van der Waals surface area (Å²) in [4.78, 5) is 0. The maximum atomic E-state index is 12.9. The molecule has 1 unspecified atom stereocenters. The van der Waals surface area contributed by atoms with Crippen LogP contribution in [0.4, 0.5) is 8.78 Å². The highest BCUT2D eigenvalue weighted by molar-refractivity contribution is 5.20. The molecule has 84 valence electrons. The van der Waals surface area contributed by atoms with E-state index in [-0.39, 0.29) is 6.04 Å². The first-order chi connectivity index (χ1) is 7.00. The van der Waals surface area contributed by atoms with Crippen molar-refractivity contribution in [2.45, 2.75) is 32.7 Å². The lowest BCUT2D eigenvalue weighted by Gasteiger charge is -2.13. The maximum absolute atomic E-state index is 12.9. The van der Waals surface area contributed by atoms with Crippen LogP contribution in [0.1, 0.15) is 38.3 Å². The highest BCUT2D eigenvalue weighted by Gasteiger charge is 2.10. The van der Waals surface area contributed by atoms with Gasteiger partial charge in [-0.25, -0.2) is 8.78 Å². The van der Waals surface area contributed by atoms with Crippen LogP contribution in [0.25, 0.3) is 0 Å². The van der Waals surface area contributed by atoms with Gasteiger partial charge in [-0.1, -0.05) is 19.9 Å². The number of halogens is 2. The van der Waals surface area contributed by atoms with Gasteiger partial charge in [0.1, 0.15) is 0 Å². The molecule has 0 radical (unpaired) electrons. The summed E-state index contributed by atoms with van der Waals surface area (Å²) in [5, 5.41) is 0. The molecular weight excluding hydrogens is 196 g/mol. The molecule has 2 N–H and O–H groups in total. The fourth-order valence-electron chi connectivity index (χ4n) is 1.42. The van der Waals surface area contributed by atoms with Crippen molar-refractivity contribution >= 4 is 0 Å². The van der Waals surface area contributed by atoms with E-state index in [1.165, 1.54) is 6.07 Å². The van der Waals surface area contributed by atoms with Crippen molar-refractivity contribution < 1.29 is 8.78 Å². The first kappa shape index (κ1) is 12.1. The molecule has 0 saturated heterocycles. The Balaban J connectivity index is 2.65. The quantitative estimate of drug-likeness (QED) is 0.815. The van der Waals surface area contributed by atoms with Crippen molar-refractivity contribution in [1.29, 1.82) is 0 Å². The van der Waals surface area contributed by atoms with Gasteiger partial charge in [0.2, 0.25) is 0 Å². The molecule has 1 atom stereocenters. The molecule has 15 heavy (non-hydrogen) atoms. The molecule has 3 heteroatoms. The summed E-state index contributed by atoms with van der Waals surface area (Å²) >= 11 is 0. The first-order valence-corrected chi connectivity index (χ1v) is 5.21. The van der Waals surface area contributed by atoms with Crippen LogP contribution in [0.3, 0.4) is 0 Å². The molecular formula is C12H17F2N. The molecule has 1 aromatic carbocycles. The van der Waals surface area contributed by atoms with E-state index in [2.05, 4.69) is 13.8 Å². The summed E-state index contributed by atoms with van der Waals surface area (Å²) in [6, 6.07) is 3.64. The second-order valence-corrected chi connectivity index (χ2v) is 4.25. The molecule has 0 aromatic heterocycles. The molecule has 0 aliphatic carbocycles. The third-order valence-corrected chi connectivity index (χ3v) is 2.43. The van der Waals surface area contributed by atoms with Gasteiger partial charge in [0, 0.05) is 6.04 Å². The van der Waals surface area contributed by atoms with Crippen molar-refractivity contribution in [3.63, 3.8) is 0 Å². The minimum Gasteiger partial charge on any atom is -0.324 e. The fraction of sp³-hybridized carbons (Fsp3) is 0.500. The topological polar surface area (TPSA) is 26.0 Å². The van der Waals surface area contributed by atoms with Crippen molar-refractivity contribution in [3.8, 4) is 0 Å². The second kappa shape index (κ2) is 5.21. The van der Waals surface area contributed by atoms with Crippen LogP contribution in [0.2, 0.25) is 0 Å². The Labute approximate surface area is 89.3 Å². The zero-order valence-corrected chi connectivity index (χ0v) is 9.13. The van der Waals surface area contributed by atoms with Crippen LogP contribution in [-0.2, 0) is 0 Å². The molecule has 0 saturated carbocycles. The van der Waals surface area contributed by atoms with Crippen molar-refractivity contribution in [1.82, 2.24) is 0 Å². The summed E-state index contributed by atoms with van der Waals surface area (Å²) < 4.78 is 25.6. The fourth-order valence-corrected chi connectivity index (χ4v) is 1.42. The van der Waals surface area contributed by atoms with Gasteiger partial charge in [-0.15, -0.1) is 0 Å². The summed E-state index contributed by atoms with van der Waals surface area (Å²) in [6.07, 6.45) is 1.78. The average molecular weight is 213 g/mol. The third-order valence-electron chi connectivity index (χ3n) is 2.43. The van der Waals surface area contributed by atoms with Gasteiger partial charge in [-0.3, -0.25) is 0 Å². The van der Waals surface area contributed by atoms with Gasteiger partial charge >= 0.3 is 0 Å². The lowest BCUT2D eigenvalue weighted by atomic mass is 9.98. The van der Waals surface area contributed by atoms with E-state index in [1.807, 2.05) is 0 Å². The average Bonchev–Trinajstić information content (AvgIpc) is 2.18. The molecule has 0 fully saturated rings. The zero-order valence-electron chi connectivity index (χ0n) is 9.13. The highest BCUT2D eigenvalue weighted by atomic mass is 19.2. The van der Waals surface area contributed by atoms with E-state index >= 15 is 0 Å². The first-order valence-electron chi connectivity index (χ1n) is 5.21. The molecule has 0 bridgehead atoms. The van der Waals surface area contributed by atoms with Gasteiger partial charge in [0.15, 0.2) is 11.6 Å². The summed E-state index contributed by atoms with van der Waals surface area (Å²) in [5.41, 5.74) is 6.53. The Morgan fingerprint density at radius 2 is 1.80 bits per heavy atom. The van der Waals surface area contributed by atoms with Crippen molar-refractivity contribution in [2.24, 2.45) is 11.7 Å². The maximum Gasteiger partial charge on any atom is 0.159 e. The van der Waals surface area contributed by atoms with Gasteiger partial charge < -0.3 is 5.73 Å². The van der Waals surface area contributed by atoms with Crippen molar-refractivity contribution in [3.05, 3.63) is 35.4 Å². The number of benzene rings is 1. The molecule has 1 nitrogen and oxygen atoms in total. The Morgan fingerprint density at radius 1 is 1.13 bits per heavy atom. The van der Waals surface area contributed by atoms with Crippen LogP contribution in [0, 0.1) is 17.6 Å². The molecule has 1 rings (SSSR count). The van der Waals surface area contributed by atoms with E-state index in [9.17, 15) is 8.78 Å². The third kappa shape index (κ3) is 3.59. The van der Waals surface area contributed by atoms with E-state index in [4.69, 9.17) is 5.73 Å². The second-order valence-electron chi connectivity index (χ2n) is 4.25. The Bertz CT molecular complexity index is 323. The Kier molecular flexibility index (Phi) is 4.21. The van der Waals surface area contributed by atoms with Crippen LogP contribution >= 0.6 is 0 Å². The molecule has 0 amide bonds. The van der Waals surface area contributed by atoms with Crippen LogP contribution < -0.4 is 5.73 Å². The molecule has 0 spiro atoms. The SMILES string of the molecule is CC(C)CCC(N)c1ccc(F)c(F)c1. The van der Waals surface area contributed by atoms with Crippen LogP contribution in [-0.4, -0.2) is 0 Å². The number of rotatable bonds is 4. The predicted molar refractivity (Wildman–Crippen MR) is 57.4 cm³/mol. The Morgan fingerprint density at radius 3 is 2.33 bits per heavy atom. The number of hydrogen-bond acceptors (Lipinski definition) is 1. The lowest BCUT2D eigenvalue weighted by molar-refractivity contribution is 0.491. The lowest BCUT2D eigenvalue weighted by Crippen LogP contribution is -2.11. The monoisotopic (exact) mass is 213 g/mol. The normalized spacial score (nSPS) is 13.2. The van der Waals surface area contributed by atoms with Crippen molar-refractivity contribution in [2.75, 3.05) is 0 Å². The zero-order chi connectivity index (χ0) is 11.4. The highest BCUT2D eigenvalue weighted by Crippen LogP contribution is 2.20. The van der Waals surface area contributed by atoms with Gasteiger partial charge in [-0.2, -0.15) is 0 Å². The molecule has 1 aromatic rings. The predicted octanol–water partition coefficient (Wildman–Crippen LogP) is 3.40. The van der Waals surface area contributed by atoms with Gasteiger partial charge in [0.05, 0.1) is 0 Å². The standard InChI is InChI=1S/C12H17F2N/c1-8(2)3-6-12(15)9-4-5-10(13)11(14)7-9/h4-5,7-8,12H,3,6,15H2,1-2H3. The number of hydrogen-bond donors (Lipinski definition) is 1. The van der Waals surface area contributed by atoms with Gasteiger partial charge in [-0.05, 0) is 36.5 Å².